The fraction of sp³-hybridized carbons (Fsp3) is 0.250. The molecular formula is C12H14N2O2. The molecule has 84 valence electrons. The molecule has 0 amide bonds. The number of aliphatic hydroxyl groups is 1. The van der Waals surface area contributed by atoms with E-state index in [1.165, 1.54) is 0 Å². The maximum atomic E-state index is 11.2. The van der Waals surface area contributed by atoms with Crippen molar-refractivity contribution >= 4 is 11.5 Å². The smallest absolute Gasteiger partial charge is 0.152 e. The standard InChI is InChI=1S/C12H14N2O2/c15-9-10-3-1-4-11(7-10)14-6-2-5-12(16)8-13-14/h1-4,6-7,13,15H,5,8-9H2. The van der Waals surface area contributed by atoms with Gasteiger partial charge in [-0.15, -0.1) is 0 Å². The number of Topliss-reactive ketones (excluding diaryl/α,β-unsaturated/α-hetero) is 1. The lowest BCUT2D eigenvalue weighted by Crippen LogP contribution is -2.35. The number of hydrogen-bond acceptors (Lipinski definition) is 4. The van der Waals surface area contributed by atoms with Gasteiger partial charge in [0.05, 0.1) is 18.8 Å². The van der Waals surface area contributed by atoms with Gasteiger partial charge in [-0.2, -0.15) is 0 Å². The predicted molar refractivity (Wildman–Crippen MR) is 61.6 cm³/mol. The van der Waals surface area contributed by atoms with E-state index in [-0.39, 0.29) is 12.4 Å². The van der Waals surface area contributed by atoms with Gasteiger partial charge < -0.3 is 5.11 Å². The first-order valence-corrected chi connectivity index (χ1v) is 5.20. The van der Waals surface area contributed by atoms with Crippen LogP contribution < -0.4 is 10.4 Å². The van der Waals surface area contributed by atoms with Gasteiger partial charge >= 0.3 is 0 Å². The molecule has 1 aromatic carbocycles. The first kappa shape index (κ1) is 10.9. The van der Waals surface area contributed by atoms with E-state index in [9.17, 15) is 4.79 Å². The SMILES string of the molecule is O=C1CC=CN(c2cccc(CO)c2)NC1. The minimum Gasteiger partial charge on any atom is -0.392 e. The highest BCUT2D eigenvalue weighted by Gasteiger charge is 2.09. The van der Waals surface area contributed by atoms with Crippen LogP contribution in [0.1, 0.15) is 12.0 Å². The number of aliphatic hydroxyl groups excluding tert-OH is 1. The van der Waals surface area contributed by atoms with Crippen LogP contribution in [0.3, 0.4) is 0 Å². The van der Waals surface area contributed by atoms with Gasteiger partial charge in [-0.3, -0.25) is 9.80 Å². The lowest BCUT2D eigenvalue weighted by molar-refractivity contribution is -0.117. The Hall–Kier alpha value is -1.65. The van der Waals surface area contributed by atoms with Crippen LogP contribution in [0.4, 0.5) is 5.69 Å². The van der Waals surface area contributed by atoms with Crippen LogP contribution in [0.25, 0.3) is 0 Å². The molecule has 0 atom stereocenters. The monoisotopic (exact) mass is 218 g/mol. The van der Waals surface area contributed by atoms with Gasteiger partial charge in [-0.25, -0.2) is 5.43 Å². The second-order valence-corrected chi connectivity index (χ2v) is 3.66. The number of nitrogens with one attached hydrogen (secondary N) is 1. The van der Waals surface area contributed by atoms with Gasteiger partial charge in [-0.1, -0.05) is 18.2 Å². The number of anilines is 1. The molecular weight excluding hydrogens is 204 g/mol. The normalized spacial score (nSPS) is 16.3. The van der Waals surface area contributed by atoms with E-state index in [1.807, 2.05) is 36.5 Å². The average molecular weight is 218 g/mol. The summed E-state index contributed by atoms with van der Waals surface area (Å²) in [6.45, 7) is 0.348. The van der Waals surface area contributed by atoms with Gasteiger partial charge in [0.1, 0.15) is 0 Å². The van der Waals surface area contributed by atoms with Gasteiger partial charge in [0.15, 0.2) is 5.78 Å². The minimum atomic E-state index is 0.0182. The highest BCUT2D eigenvalue weighted by Crippen LogP contribution is 2.16. The minimum absolute atomic E-state index is 0.0182. The van der Waals surface area contributed by atoms with Crippen LogP contribution in [-0.2, 0) is 11.4 Å². The van der Waals surface area contributed by atoms with Crippen LogP contribution in [0.5, 0.6) is 0 Å². The van der Waals surface area contributed by atoms with Gasteiger partial charge in [0, 0.05) is 12.6 Å². The second-order valence-electron chi connectivity index (χ2n) is 3.66. The Kier molecular flexibility index (Phi) is 3.34. The fourth-order valence-corrected chi connectivity index (χ4v) is 1.57. The number of ketones is 1. The lowest BCUT2D eigenvalue weighted by atomic mass is 10.2. The maximum Gasteiger partial charge on any atom is 0.152 e. The van der Waals surface area contributed by atoms with Crippen LogP contribution >= 0.6 is 0 Å². The largest absolute Gasteiger partial charge is 0.392 e. The number of hydrazine groups is 1. The Labute approximate surface area is 94.2 Å². The van der Waals surface area contributed by atoms with E-state index < -0.39 is 0 Å². The van der Waals surface area contributed by atoms with E-state index in [2.05, 4.69) is 5.43 Å². The summed E-state index contributed by atoms with van der Waals surface area (Å²) < 4.78 is 0. The summed E-state index contributed by atoms with van der Waals surface area (Å²) in [7, 11) is 0. The van der Waals surface area contributed by atoms with Crippen LogP contribution in [0, 0.1) is 0 Å². The molecule has 2 rings (SSSR count). The maximum absolute atomic E-state index is 11.2. The number of allylic oxidation sites excluding steroid dienone is 1. The summed E-state index contributed by atoms with van der Waals surface area (Å²) >= 11 is 0. The third-order valence-corrected chi connectivity index (χ3v) is 2.42. The van der Waals surface area contributed by atoms with Gasteiger partial charge in [-0.05, 0) is 17.7 Å². The Morgan fingerprint density at radius 1 is 1.44 bits per heavy atom. The molecule has 0 bridgehead atoms. The van der Waals surface area contributed by atoms with Crippen molar-refractivity contribution in [1.29, 1.82) is 0 Å². The average Bonchev–Trinajstić information content (AvgIpc) is 2.54. The highest BCUT2D eigenvalue weighted by molar-refractivity contribution is 5.82. The summed E-state index contributed by atoms with van der Waals surface area (Å²) in [6.07, 6.45) is 4.12. The molecule has 0 unspecified atom stereocenters. The van der Waals surface area contributed by atoms with Crippen molar-refractivity contribution in [2.45, 2.75) is 13.0 Å². The number of hydrogen-bond donors (Lipinski definition) is 2. The van der Waals surface area contributed by atoms with Gasteiger partial charge in [0.2, 0.25) is 0 Å². The molecule has 2 N–H and O–H groups in total. The molecule has 4 heteroatoms. The van der Waals surface area contributed by atoms with E-state index >= 15 is 0 Å². The molecule has 0 saturated carbocycles. The predicted octanol–water partition coefficient (Wildman–Crippen LogP) is 0.976. The van der Waals surface area contributed by atoms with Crippen molar-refractivity contribution in [3.8, 4) is 0 Å². The zero-order valence-corrected chi connectivity index (χ0v) is 8.89. The quantitative estimate of drug-likeness (QED) is 0.777. The van der Waals surface area contributed by atoms with Crippen molar-refractivity contribution in [2.75, 3.05) is 11.6 Å². The van der Waals surface area contributed by atoms with E-state index in [4.69, 9.17) is 5.11 Å². The van der Waals surface area contributed by atoms with Crippen molar-refractivity contribution in [2.24, 2.45) is 0 Å². The third kappa shape index (κ3) is 2.48. The molecule has 0 spiro atoms. The van der Waals surface area contributed by atoms with E-state index in [0.29, 0.717) is 13.0 Å². The molecule has 0 saturated heterocycles. The number of benzene rings is 1. The third-order valence-electron chi connectivity index (χ3n) is 2.42. The molecule has 1 heterocycles. The van der Waals surface area contributed by atoms with E-state index in [1.54, 1.807) is 5.01 Å². The van der Waals surface area contributed by atoms with Gasteiger partial charge in [0.25, 0.3) is 0 Å². The Morgan fingerprint density at radius 3 is 3.12 bits per heavy atom. The number of carbonyl (C=O) groups is 1. The molecule has 1 aliphatic rings. The Balaban J connectivity index is 2.19. The van der Waals surface area contributed by atoms with Crippen LogP contribution in [-0.4, -0.2) is 17.4 Å². The molecule has 4 nitrogen and oxygen atoms in total. The number of nitrogens with zero attached hydrogens (tertiary/aromatic N) is 1. The molecule has 0 fully saturated rings. The van der Waals surface area contributed by atoms with Crippen molar-refractivity contribution in [1.82, 2.24) is 5.43 Å². The van der Waals surface area contributed by atoms with Crippen molar-refractivity contribution < 1.29 is 9.90 Å². The Morgan fingerprint density at radius 2 is 2.31 bits per heavy atom. The zero-order chi connectivity index (χ0) is 11.4. The summed E-state index contributed by atoms with van der Waals surface area (Å²) in [5, 5.41) is 10.8. The molecule has 0 aromatic heterocycles. The molecule has 0 radical (unpaired) electrons. The van der Waals surface area contributed by atoms with Crippen LogP contribution in [0.15, 0.2) is 36.5 Å². The van der Waals surface area contributed by atoms with E-state index in [0.717, 1.165) is 11.3 Å². The van der Waals surface area contributed by atoms with Crippen molar-refractivity contribution in [3.63, 3.8) is 0 Å². The second kappa shape index (κ2) is 4.92. The number of carbonyl (C=O) groups excluding carboxylic acids is 1. The summed E-state index contributed by atoms with van der Waals surface area (Å²) in [5.74, 6) is 0.164. The molecule has 0 aliphatic carbocycles. The number of rotatable bonds is 2. The Bertz CT molecular complexity index is 415. The highest BCUT2D eigenvalue weighted by atomic mass is 16.3. The summed E-state index contributed by atoms with van der Waals surface area (Å²) in [6, 6.07) is 7.54. The van der Waals surface area contributed by atoms with Crippen molar-refractivity contribution in [3.05, 3.63) is 42.1 Å². The first-order valence-electron chi connectivity index (χ1n) is 5.20. The topological polar surface area (TPSA) is 52.6 Å². The zero-order valence-electron chi connectivity index (χ0n) is 8.89. The lowest BCUT2D eigenvalue weighted by Gasteiger charge is -2.20. The first-order chi connectivity index (χ1) is 7.79. The molecule has 1 aliphatic heterocycles. The van der Waals surface area contributed by atoms with Crippen LogP contribution in [0.2, 0.25) is 0 Å². The summed E-state index contributed by atoms with van der Waals surface area (Å²) in [5.41, 5.74) is 4.78. The molecule has 1 aromatic rings. The fourth-order valence-electron chi connectivity index (χ4n) is 1.57. The summed E-state index contributed by atoms with van der Waals surface area (Å²) in [4.78, 5) is 11.2. The molecule has 16 heavy (non-hydrogen) atoms.